The quantitative estimate of drug-likeness (QED) is 0.636. The Hall–Kier alpha value is -2.14. The maximum atomic E-state index is 12.0. The predicted octanol–water partition coefficient (Wildman–Crippen LogP) is 1.07. The van der Waals surface area contributed by atoms with Crippen molar-refractivity contribution in [2.24, 2.45) is 5.84 Å². The van der Waals surface area contributed by atoms with Gasteiger partial charge < -0.3 is 9.99 Å². The van der Waals surface area contributed by atoms with E-state index in [4.69, 9.17) is 5.84 Å². The number of nitrogens with two attached hydrogens (primary N) is 1. The number of rotatable bonds is 3. The molecule has 0 amide bonds. The van der Waals surface area contributed by atoms with E-state index in [0.29, 0.717) is 12.4 Å². The van der Waals surface area contributed by atoms with E-state index in [2.05, 4.69) is 10.4 Å². The van der Waals surface area contributed by atoms with Crippen LogP contribution in [0.2, 0.25) is 0 Å². The van der Waals surface area contributed by atoms with Crippen molar-refractivity contribution in [3.8, 4) is 0 Å². The van der Waals surface area contributed by atoms with Crippen LogP contribution in [0.25, 0.3) is 0 Å². The van der Waals surface area contributed by atoms with E-state index in [-0.39, 0.29) is 5.56 Å². The van der Waals surface area contributed by atoms with Crippen LogP contribution in [0.4, 0.5) is 5.82 Å². The van der Waals surface area contributed by atoms with E-state index in [1.165, 1.54) is 11.3 Å². The number of fused-ring (bicyclic) bond motifs is 1. The Labute approximate surface area is 111 Å². The molecule has 2 aromatic heterocycles. The third-order valence-electron chi connectivity index (χ3n) is 3.56. The van der Waals surface area contributed by atoms with Gasteiger partial charge in [0.1, 0.15) is 5.82 Å². The van der Waals surface area contributed by atoms with Gasteiger partial charge in [0.15, 0.2) is 0 Å². The fourth-order valence-electron chi connectivity index (χ4n) is 2.64. The van der Waals surface area contributed by atoms with Gasteiger partial charge in [0.25, 0.3) is 5.56 Å². The lowest BCUT2D eigenvalue weighted by molar-refractivity contribution is 0.707. The second-order valence-corrected chi connectivity index (χ2v) is 4.78. The molecule has 0 spiro atoms. The summed E-state index contributed by atoms with van der Waals surface area (Å²) < 4.78 is 1.86. The lowest BCUT2D eigenvalue weighted by Gasteiger charge is -2.12. The molecule has 1 aliphatic carbocycles. The molecule has 0 unspecified atom stereocenters. The SMILES string of the molecule is NNc1cc(Cn2c3c(ccc2=O)CCC3)ccn1. The van der Waals surface area contributed by atoms with Gasteiger partial charge in [-0.25, -0.2) is 10.8 Å². The van der Waals surface area contributed by atoms with E-state index < -0.39 is 0 Å². The third kappa shape index (κ3) is 2.24. The second-order valence-electron chi connectivity index (χ2n) is 4.78. The number of pyridine rings is 2. The van der Waals surface area contributed by atoms with E-state index in [9.17, 15) is 4.79 Å². The molecule has 19 heavy (non-hydrogen) atoms. The first-order valence-electron chi connectivity index (χ1n) is 6.41. The lowest BCUT2D eigenvalue weighted by atomic mass is 10.2. The number of nitrogen functional groups attached to an aromatic ring is 1. The van der Waals surface area contributed by atoms with Gasteiger partial charge in [0, 0.05) is 18.0 Å². The number of hydrogen-bond acceptors (Lipinski definition) is 4. The minimum Gasteiger partial charge on any atom is -0.308 e. The van der Waals surface area contributed by atoms with Crippen molar-refractivity contribution in [2.45, 2.75) is 25.8 Å². The largest absolute Gasteiger partial charge is 0.308 e. The molecule has 0 aliphatic heterocycles. The average molecular weight is 256 g/mol. The number of aromatic nitrogens is 2. The number of nitrogens with zero attached hydrogens (tertiary/aromatic N) is 2. The first-order chi connectivity index (χ1) is 9.28. The van der Waals surface area contributed by atoms with Crippen molar-refractivity contribution in [1.82, 2.24) is 9.55 Å². The summed E-state index contributed by atoms with van der Waals surface area (Å²) in [7, 11) is 0. The average Bonchev–Trinajstić information content (AvgIpc) is 2.91. The van der Waals surface area contributed by atoms with Crippen molar-refractivity contribution in [2.75, 3.05) is 5.43 Å². The highest BCUT2D eigenvalue weighted by molar-refractivity contribution is 5.36. The van der Waals surface area contributed by atoms with Gasteiger partial charge in [-0.15, -0.1) is 0 Å². The molecule has 5 heteroatoms. The molecule has 0 atom stereocenters. The summed E-state index contributed by atoms with van der Waals surface area (Å²) in [5.41, 5.74) is 6.07. The van der Waals surface area contributed by atoms with E-state index >= 15 is 0 Å². The Morgan fingerprint density at radius 2 is 2.21 bits per heavy atom. The second kappa shape index (κ2) is 4.85. The Bertz CT molecular complexity index is 663. The van der Waals surface area contributed by atoms with Crippen LogP contribution in [0, 0.1) is 0 Å². The van der Waals surface area contributed by atoms with Crippen LogP contribution in [0.1, 0.15) is 23.2 Å². The van der Waals surface area contributed by atoms with Crippen molar-refractivity contribution in [3.63, 3.8) is 0 Å². The van der Waals surface area contributed by atoms with Gasteiger partial charge >= 0.3 is 0 Å². The van der Waals surface area contributed by atoms with E-state index in [1.807, 2.05) is 22.8 Å². The molecule has 3 rings (SSSR count). The van der Waals surface area contributed by atoms with Crippen LogP contribution in [0.15, 0.2) is 35.3 Å². The van der Waals surface area contributed by atoms with Crippen LogP contribution in [0.5, 0.6) is 0 Å². The summed E-state index contributed by atoms with van der Waals surface area (Å²) >= 11 is 0. The molecule has 1 aliphatic rings. The molecular formula is C14H16N4O. The minimum atomic E-state index is 0.0553. The Morgan fingerprint density at radius 3 is 3.05 bits per heavy atom. The Balaban J connectivity index is 1.99. The van der Waals surface area contributed by atoms with Crippen LogP contribution in [-0.4, -0.2) is 9.55 Å². The molecule has 0 saturated heterocycles. The predicted molar refractivity (Wildman–Crippen MR) is 73.9 cm³/mol. The summed E-state index contributed by atoms with van der Waals surface area (Å²) in [6, 6.07) is 7.39. The first kappa shape index (κ1) is 11.9. The fourth-order valence-corrected chi connectivity index (χ4v) is 2.64. The Morgan fingerprint density at radius 1 is 1.32 bits per heavy atom. The standard InChI is InChI=1S/C14H16N4O/c15-17-13-8-10(6-7-16-13)9-18-12-3-1-2-11(12)4-5-14(18)19/h4-8H,1-3,9,15H2,(H,16,17). The van der Waals surface area contributed by atoms with Gasteiger partial charge in [-0.3, -0.25) is 4.79 Å². The summed E-state index contributed by atoms with van der Waals surface area (Å²) in [6.45, 7) is 0.569. The smallest absolute Gasteiger partial charge is 0.251 e. The summed E-state index contributed by atoms with van der Waals surface area (Å²) in [4.78, 5) is 16.1. The molecule has 0 radical (unpaired) electrons. The zero-order valence-corrected chi connectivity index (χ0v) is 10.6. The molecule has 3 N–H and O–H groups in total. The first-order valence-corrected chi connectivity index (χ1v) is 6.41. The molecule has 0 fully saturated rings. The highest BCUT2D eigenvalue weighted by Crippen LogP contribution is 2.20. The summed E-state index contributed by atoms with van der Waals surface area (Å²) in [5, 5.41) is 0. The zero-order chi connectivity index (χ0) is 13.2. The van der Waals surface area contributed by atoms with Gasteiger partial charge in [0.05, 0.1) is 6.54 Å². The zero-order valence-electron chi connectivity index (χ0n) is 10.6. The summed E-state index contributed by atoms with van der Waals surface area (Å²) in [5.74, 6) is 5.96. The topological polar surface area (TPSA) is 72.9 Å². The van der Waals surface area contributed by atoms with Crippen molar-refractivity contribution >= 4 is 5.82 Å². The van der Waals surface area contributed by atoms with Crippen molar-refractivity contribution in [1.29, 1.82) is 0 Å². The van der Waals surface area contributed by atoms with Crippen LogP contribution in [-0.2, 0) is 19.4 Å². The molecule has 2 aromatic rings. The lowest BCUT2D eigenvalue weighted by Crippen LogP contribution is -2.23. The number of anilines is 1. The number of nitrogens with one attached hydrogen (secondary N) is 1. The summed E-state index contributed by atoms with van der Waals surface area (Å²) in [6.07, 6.45) is 4.88. The number of aryl methyl sites for hydroxylation is 1. The molecule has 5 nitrogen and oxygen atoms in total. The molecular weight excluding hydrogens is 240 g/mol. The molecule has 0 saturated carbocycles. The highest BCUT2D eigenvalue weighted by atomic mass is 16.1. The minimum absolute atomic E-state index is 0.0553. The van der Waals surface area contributed by atoms with Crippen molar-refractivity contribution < 1.29 is 0 Å². The molecule has 0 bridgehead atoms. The number of hydrazine groups is 1. The highest BCUT2D eigenvalue weighted by Gasteiger charge is 2.15. The molecule has 98 valence electrons. The Kier molecular flexibility index (Phi) is 3.05. The van der Waals surface area contributed by atoms with Gasteiger partial charge in [-0.2, -0.15) is 0 Å². The number of hydrogen-bond donors (Lipinski definition) is 2. The van der Waals surface area contributed by atoms with Gasteiger partial charge in [0.2, 0.25) is 0 Å². The fraction of sp³-hybridized carbons (Fsp3) is 0.286. The molecule has 2 heterocycles. The van der Waals surface area contributed by atoms with Crippen molar-refractivity contribution in [3.05, 3.63) is 57.6 Å². The van der Waals surface area contributed by atoms with Crippen LogP contribution >= 0.6 is 0 Å². The molecule has 0 aromatic carbocycles. The van der Waals surface area contributed by atoms with E-state index in [0.717, 1.165) is 24.8 Å². The maximum absolute atomic E-state index is 12.0. The van der Waals surface area contributed by atoms with Crippen LogP contribution in [0.3, 0.4) is 0 Å². The van der Waals surface area contributed by atoms with Gasteiger partial charge in [-0.05, 0) is 42.5 Å². The maximum Gasteiger partial charge on any atom is 0.251 e. The van der Waals surface area contributed by atoms with Gasteiger partial charge in [-0.1, -0.05) is 6.07 Å². The van der Waals surface area contributed by atoms with Crippen LogP contribution < -0.4 is 16.8 Å². The normalized spacial score (nSPS) is 13.3. The monoisotopic (exact) mass is 256 g/mol. The third-order valence-corrected chi connectivity index (χ3v) is 3.56. The van der Waals surface area contributed by atoms with E-state index in [1.54, 1.807) is 12.3 Å².